The van der Waals surface area contributed by atoms with Crippen LogP contribution in [0.25, 0.3) is 5.57 Å². The predicted molar refractivity (Wildman–Crippen MR) is 114 cm³/mol. The highest BCUT2D eigenvalue weighted by Crippen LogP contribution is 2.59. The number of hydrogen-bond acceptors (Lipinski definition) is 3. The van der Waals surface area contributed by atoms with Crippen LogP contribution in [0.1, 0.15) is 17.5 Å². The summed E-state index contributed by atoms with van der Waals surface area (Å²) in [5, 5.41) is 2.12. The topological polar surface area (TPSA) is 30.8 Å². The Kier molecular flexibility index (Phi) is 2.99. The van der Waals surface area contributed by atoms with E-state index in [4.69, 9.17) is 14.5 Å². The van der Waals surface area contributed by atoms with Gasteiger partial charge in [-0.1, -0.05) is 66.7 Å². The first-order valence-electron chi connectivity index (χ1n) is 10.2. The first-order chi connectivity index (χ1) is 14.9. The van der Waals surface area contributed by atoms with Crippen LogP contribution in [0.15, 0.2) is 113 Å². The Morgan fingerprint density at radius 3 is 2.30 bits per heavy atom. The van der Waals surface area contributed by atoms with Gasteiger partial charge in [0.15, 0.2) is 5.60 Å². The predicted octanol–water partition coefficient (Wildman–Crippen LogP) is 4.65. The molecule has 142 valence electrons. The molecule has 7 rings (SSSR count). The highest BCUT2D eigenvalue weighted by Gasteiger charge is 2.53. The second-order valence-corrected chi connectivity index (χ2v) is 7.87. The van der Waals surface area contributed by atoms with E-state index in [2.05, 4.69) is 48.6 Å². The Hall–Kier alpha value is -3.85. The van der Waals surface area contributed by atoms with Crippen LogP contribution in [0.4, 0.5) is 0 Å². The van der Waals surface area contributed by atoms with Crippen LogP contribution < -0.4 is 15.3 Å². The summed E-state index contributed by atoms with van der Waals surface area (Å²) in [6, 6.07) is 24.7. The zero-order chi connectivity index (χ0) is 19.7. The van der Waals surface area contributed by atoms with Crippen LogP contribution in [-0.2, 0) is 10.3 Å². The van der Waals surface area contributed by atoms with Gasteiger partial charge in [0.2, 0.25) is 0 Å². The Labute approximate surface area is 173 Å². The molecule has 3 heterocycles. The Balaban J connectivity index is 1.71. The fourth-order valence-electron chi connectivity index (χ4n) is 5.06. The highest BCUT2D eigenvalue weighted by atomic mass is 16.5. The van der Waals surface area contributed by atoms with Crippen molar-refractivity contribution in [1.82, 2.24) is 0 Å². The minimum atomic E-state index is -0.808. The van der Waals surface area contributed by atoms with E-state index in [-0.39, 0.29) is 0 Å². The summed E-state index contributed by atoms with van der Waals surface area (Å²) < 4.78 is 13.3. The Morgan fingerprint density at radius 2 is 1.50 bits per heavy atom. The van der Waals surface area contributed by atoms with Gasteiger partial charge in [0.05, 0.1) is 11.1 Å². The van der Waals surface area contributed by atoms with Crippen molar-refractivity contribution in [2.24, 2.45) is 4.99 Å². The summed E-state index contributed by atoms with van der Waals surface area (Å²) in [6.07, 6.45) is 7.11. The van der Waals surface area contributed by atoms with Gasteiger partial charge in [0.25, 0.3) is 0 Å². The van der Waals surface area contributed by atoms with Gasteiger partial charge in [-0.2, -0.15) is 0 Å². The minimum Gasteiger partial charge on any atom is -0.472 e. The molecule has 0 unspecified atom stereocenters. The van der Waals surface area contributed by atoms with E-state index in [0.717, 1.165) is 62.2 Å². The van der Waals surface area contributed by atoms with Crippen molar-refractivity contribution < 1.29 is 9.47 Å². The molecule has 3 aromatic carbocycles. The molecule has 0 saturated heterocycles. The summed E-state index contributed by atoms with van der Waals surface area (Å²) >= 11 is 0. The van der Waals surface area contributed by atoms with Crippen LogP contribution in [-0.4, -0.2) is 0 Å². The molecule has 3 aliphatic heterocycles. The lowest BCUT2D eigenvalue weighted by Crippen LogP contribution is -2.42. The smallest absolute Gasteiger partial charge is 0.194 e. The molecule has 0 N–H and O–H groups in total. The minimum absolute atomic E-state index is 0.808. The van der Waals surface area contributed by atoms with Gasteiger partial charge in [-0.05, 0) is 30.7 Å². The Morgan fingerprint density at radius 1 is 0.800 bits per heavy atom. The third-order valence-corrected chi connectivity index (χ3v) is 6.30. The van der Waals surface area contributed by atoms with Crippen molar-refractivity contribution >= 4 is 5.57 Å². The third kappa shape index (κ3) is 1.87. The largest absolute Gasteiger partial charge is 0.472 e. The number of rotatable bonds is 0. The third-order valence-electron chi connectivity index (χ3n) is 6.30. The number of allylic oxidation sites excluding steroid dienone is 4. The second-order valence-electron chi connectivity index (χ2n) is 7.87. The first-order valence-corrected chi connectivity index (χ1v) is 10.2. The lowest BCUT2D eigenvalue weighted by atomic mass is 9.73. The van der Waals surface area contributed by atoms with Crippen molar-refractivity contribution in [3.63, 3.8) is 0 Å². The second kappa shape index (κ2) is 5.61. The van der Waals surface area contributed by atoms with Gasteiger partial charge in [-0.15, -0.1) is 0 Å². The van der Waals surface area contributed by atoms with Gasteiger partial charge >= 0.3 is 0 Å². The van der Waals surface area contributed by atoms with E-state index < -0.39 is 5.60 Å². The molecule has 3 heteroatoms. The Bertz CT molecular complexity index is 1430. The summed E-state index contributed by atoms with van der Waals surface area (Å²) in [5.74, 6) is 2.53. The maximum Gasteiger partial charge on any atom is 0.194 e. The molecular formula is C27H17NO2. The normalized spacial score (nSPS) is 18.8. The van der Waals surface area contributed by atoms with E-state index in [1.807, 2.05) is 42.5 Å². The molecule has 1 spiro atoms. The van der Waals surface area contributed by atoms with Gasteiger partial charge in [0.1, 0.15) is 17.3 Å². The van der Waals surface area contributed by atoms with Crippen molar-refractivity contribution in [3.05, 3.63) is 130 Å². The molecule has 0 aromatic heterocycles. The standard InChI is InChI=1S/C27H17NO2/c1-5-13-21-17(9-1)25-26(28-21)18-10-2-6-14-22(18)30-27(25)19-11-3-7-15-23(19)29-24-16-8-4-12-20(24)27/h1-9,11-16H,10H2. The maximum atomic E-state index is 7.02. The van der Waals surface area contributed by atoms with Gasteiger partial charge in [-0.25, -0.2) is 4.99 Å². The van der Waals surface area contributed by atoms with E-state index in [1.165, 1.54) is 0 Å². The highest BCUT2D eigenvalue weighted by molar-refractivity contribution is 5.85. The van der Waals surface area contributed by atoms with Crippen LogP contribution in [0.5, 0.6) is 11.5 Å². The average molecular weight is 387 g/mol. The molecule has 0 bridgehead atoms. The molecule has 1 aliphatic carbocycles. The number of nitrogens with zero attached hydrogens (tertiary/aromatic N) is 1. The molecule has 0 radical (unpaired) electrons. The molecule has 0 fully saturated rings. The molecule has 0 saturated carbocycles. The van der Waals surface area contributed by atoms with Crippen LogP contribution in [0, 0.1) is 0 Å². The SMILES string of the molecule is C1=CCC2=C3N=c4ccccc4=C3C3(OC2=C1)c1ccccc1Oc1ccccc13. The van der Waals surface area contributed by atoms with Gasteiger partial charge < -0.3 is 9.47 Å². The number of hydrogen-bond donors (Lipinski definition) is 0. The van der Waals surface area contributed by atoms with Crippen molar-refractivity contribution in [2.45, 2.75) is 12.0 Å². The first kappa shape index (κ1) is 16.0. The summed E-state index contributed by atoms with van der Waals surface area (Å²) in [7, 11) is 0. The van der Waals surface area contributed by atoms with Crippen molar-refractivity contribution in [1.29, 1.82) is 0 Å². The molecule has 30 heavy (non-hydrogen) atoms. The van der Waals surface area contributed by atoms with Gasteiger partial charge in [0, 0.05) is 27.5 Å². The quantitative estimate of drug-likeness (QED) is 0.562. The van der Waals surface area contributed by atoms with E-state index in [9.17, 15) is 0 Å². The van der Waals surface area contributed by atoms with Crippen LogP contribution in [0.3, 0.4) is 0 Å². The zero-order valence-corrected chi connectivity index (χ0v) is 16.1. The molecule has 0 amide bonds. The number of ether oxygens (including phenoxy) is 2. The van der Waals surface area contributed by atoms with E-state index in [0.29, 0.717) is 0 Å². The fraction of sp³-hybridized carbons (Fsp3) is 0.0741. The molecule has 3 aromatic rings. The summed E-state index contributed by atoms with van der Waals surface area (Å²) in [6.45, 7) is 0. The maximum absolute atomic E-state index is 7.02. The average Bonchev–Trinajstić information content (AvgIpc) is 3.20. The van der Waals surface area contributed by atoms with Crippen LogP contribution in [0.2, 0.25) is 0 Å². The number of benzene rings is 3. The lowest BCUT2D eigenvalue weighted by Gasteiger charge is -2.45. The van der Waals surface area contributed by atoms with Gasteiger partial charge in [-0.3, -0.25) is 0 Å². The van der Waals surface area contributed by atoms with E-state index >= 15 is 0 Å². The fourth-order valence-corrected chi connectivity index (χ4v) is 5.06. The van der Waals surface area contributed by atoms with E-state index in [1.54, 1.807) is 0 Å². The van der Waals surface area contributed by atoms with Crippen molar-refractivity contribution in [3.8, 4) is 11.5 Å². The summed E-state index contributed by atoms with van der Waals surface area (Å²) in [4.78, 5) is 5.10. The molecular weight excluding hydrogens is 370 g/mol. The lowest BCUT2D eigenvalue weighted by molar-refractivity contribution is 0.0764. The molecule has 4 aliphatic rings. The summed E-state index contributed by atoms with van der Waals surface area (Å²) in [5.41, 5.74) is 4.51. The molecule has 3 nitrogen and oxygen atoms in total. The van der Waals surface area contributed by atoms with Crippen molar-refractivity contribution in [2.75, 3.05) is 0 Å². The number of fused-ring (bicyclic) bond motifs is 8. The number of para-hydroxylation sites is 3. The zero-order valence-electron chi connectivity index (χ0n) is 16.1. The molecule has 0 atom stereocenters. The van der Waals surface area contributed by atoms with Crippen LogP contribution >= 0.6 is 0 Å². The monoisotopic (exact) mass is 387 g/mol.